The largest absolute Gasteiger partial charge is 0.493 e. The molecule has 3 atom stereocenters. The highest BCUT2D eigenvalue weighted by molar-refractivity contribution is 5.75. The van der Waals surface area contributed by atoms with Gasteiger partial charge in [0.15, 0.2) is 17.7 Å². The van der Waals surface area contributed by atoms with Crippen LogP contribution in [-0.4, -0.2) is 47.7 Å². The number of hydrogen-bond acceptors (Lipinski definition) is 4. The van der Waals surface area contributed by atoms with Crippen LogP contribution in [-0.2, 0) is 4.79 Å². The smallest absolute Gasteiger partial charge is 0.414 e. The molecule has 0 fully saturated rings. The molecule has 0 aliphatic rings. The quantitative estimate of drug-likeness (QED) is 0.458. The Bertz CT molecular complexity index is 621. The molecule has 1 rings (SSSR count). The number of nitrogens with zero attached hydrogens (tertiary/aromatic N) is 1. The van der Waals surface area contributed by atoms with Crippen LogP contribution in [0.1, 0.15) is 24.8 Å². The maximum Gasteiger partial charge on any atom is 0.414 e. The van der Waals surface area contributed by atoms with Crippen molar-refractivity contribution < 1.29 is 41.8 Å². The predicted molar refractivity (Wildman–Crippen MR) is 76.1 cm³/mol. The van der Waals surface area contributed by atoms with Crippen molar-refractivity contribution in [2.45, 2.75) is 31.5 Å². The molecule has 0 heterocycles. The Morgan fingerprint density at radius 1 is 1.32 bits per heavy atom. The first-order valence-corrected chi connectivity index (χ1v) is 7.13. The lowest BCUT2D eigenvalue weighted by molar-refractivity contribution is -0.220. The number of halogens is 5. The van der Waals surface area contributed by atoms with Crippen LogP contribution in [0.25, 0.3) is 0 Å². The third-order valence-electron chi connectivity index (χ3n) is 3.91. The van der Waals surface area contributed by atoms with Crippen LogP contribution >= 0.6 is 0 Å². The molecule has 142 valence electrons. The summed E-state index contributed by atoms with van der Waals surface area (Å²) in [6.45, 7) is 1.01. The summed E-state index contributed by atoms with van der Waals surface area (Å²) in [4.78, 5) is 11.8. The fraction of sp³-hybridized carbons (Fsp3) is 0.533. The molecule has 0 saturated carbocycles. The summed E-state index contributed by atoms with van der Waals surface area (Å²) >= 11 is 0. The van der Waals surface area contributed by atoms with Crippen LogP contribution in [0, 0.1) is 17.6 Å². The van der Waals surface area contributed by atoms with Crippen molar-refractivity contribution in [3.63, 3.8) is 0 Å². The van der Waals surface area contributed by atoms with Crippen LogP contribution in [0.3, 0.4) is 0 Å². The fourth-order valence-electron chi connectivity index (χ4n) is 2.46. The summed E-state index contributed by atoms with van der Waals surface area (Å²) in [6.07, 6.45) is -8.51. The number of alkyl halides is 3. The molecule has 0 saturated heterocycles. The van der Waals surface area contributed by atoms with Crippen molar-refractivity contribution in [2.75, 3.05) is 14.2 Å². The number of rotatable bonds is 6. The number of methoxy groups -OCH3 is 1. The van der Waals surface area contributed by atoms with Gasteiger partial charge in [-0.05, 0) is 12.0 Å². The van der Waals surface area contributed by atoms with E-state index < -0.39 is 53.8 Å². The molecule has 5 nitrogen and oxygen atoms in total. The van der Waals surface area contributed by atoms with Gasteiger partial charge in [-0.3, -0.25) is 10.0 Å². The minimum Gasteiger partial charge on any atom is -0.493 e. The Hall–Kier alpha value is -1.94. The first-order valence-electron chi connectivity index (χ1n) is 7.13. The van der Waals surface area contributed by atoms with Crippen LogP contribution in [0.5, 0.6) is 5.75 Å². The molecule has 3 unspecified atom stereocenters. The van der Waals surface area contributed by atoms with Gasteiger partial charge >= 0.3 is 6.18 Å². The summed E-state index contributed by atoms with van der Waals surface area (Å²) in [5.74, 6) is -7.36. The van der Waals surface area contributed by atoms with Gasteiger partial charge < -0.3 is 9.84 Å². The van der Waals surface area contributed by atoms with Gasteiger partial charge in [-0.25, -0.2) is 9.45 Å². The number of aliphatic hydroxyl groups is 1. The topological polar surface area (TPSA) is 70.0 Å². The monoisotopic (exact) mass is 371 g/mol. The molecular weight excluding hydrogens is 353 g/mol. The zero-order chi connectivity index (χ0) is 19.5. The minimum atomic E-state index is -4.99. The van der Waals surface area contributed by atoms with E-state index in [0.29, 0.717) is 6.07 Å². The van der Waals surface area contributed by atoms with E-state index >= 15 is 0 Å². The molecule has 1 aromatic carbocycles. The number of carbonyl (C=O) groups is 1. The van der Waals surface area contributed by atoms with E-state index in [2.05, 4.69) is 0 Å². The maximum atomic E-state index is 13.9. The molecule has 25 heavy (non-hydrogen) atoms. The van der Waals surface area contributed by atoms with Gasteiger partial charge in [-0.15, -0.1) is 0 Å². The van der Waals surface area contributed by atoms with Gasteiger partial charge in [-0.2, -0.15) is 17.6 Å². The molecule has 0 bridgehead atoms. The van der Waals surface area contributed by atoms with Gasteiger partial charge in [0.2, 0.25) is 11.7 Å². The highest BCUT2D eigenvalue weighted by atomic mass is 19.4. The second kappa shape index (κ2) is 7.96. The van der Waals surface area contributed by atoms with Crippen molar-refractivity contribution in [3.05, 3.63) is 29.3 Å². The molecule has 0 aromatic heterocycles. The fourth-order valence-corrected chi connectivity index (χ4v) is 2.46. The van der Waals surface area contributed by atoms with Crippen LogP contribution in [0.2, 0.25) is 0 Å². The van der Waals surface area contributed by atoms with E-state index in [1.165, 1.54) is 0 Å². The van der Waals surface area contributed by atoms with E-state index in [1.54, 1.807) is 0 Å². The van der Waals surface area contributed by atoms with Crippen LogP contribution in [0.4, 0.5) is 22.0 Å². The average Bonchev–Trinajstić information content (AvgIpc) is 2.52. The number of ether oxygens (including phenoxy) is 1. The Morgan fingerprint density at radius 3 is 2.32 bits per heavy atom. The maximum absolute atomic E-state index is 13.9. The Labute approximate surface area is 140 Å². The molecule has 10 heteroatoms. The molecular formula is C15H18F5NO4. The molecule has 0 aliphatic carbocycles. The molecule has 0 spiro atoms. The van der Waals surface area contributed by atoms with Gasteiger partial charge in [0.1, 0.15) is 0 Å². The third kappa shape index (κ3) is 4.79. The van der Waals surface area contributed by atoms with Gasteiger partial charge in [0.25, 0.3) is 0 Å². The number of amides is 1. The van der Waals surface area contributed by atoms with Gasteiger partial charge in [-0.1, -0.05) is 13.0 Å². The third-order valence-corrected chi connectivity index (χ3v) is 3.91. The second-order valence-electron chi connectivity index (χ2n) is 5.56. The minimum absolute atomic E-state index is 0.159. The summed E-state index contributed by atoms with van der Waals surface area (Å²) in [5.41, 5.74) is -0.229. The first kappa shape index (κ1) is 21.1. The van der Waals surface area contributed by atoms with E-state index in [-0.39, 0.29) is 10.6 Å². The molecule has 1 amide bonds. The highest BCUT2D eigenvalue weighted by Crippen LogP contribution is 2.41. The number of benzene rings is 1. The Kier molecular flexibility index (Phi) is 6.72. The number of aliphatic hydroxyl groups excluding tert-OH is 1. The van der Waals surface area contributed by atoms with Crippen LogP contribution in [0.15, 0.2) is 12.1 Å². The average molecular weight is 371 g/mol. The molecule has 1 aromatic rings. The summed E-state index contributed by atoms with van der Waals surface area (Å²) in [5, 5.41) is 18.8. The lowest BCUT2D eigenvalue weighted by atomic mass is 9.80. The standard InChI is InChI=1S/C15H18F5NO4/c1-7(14(23)15(18,19)20)9(6-11(22)21(2)24)8-4-5-10(16)12(17)13(8)25-3/h4-5,7,9,14,23-24H,6H2,1-3H3. The van der Waals surface area contributed by atoms with E-state index in [4.69, 9.17) is 9.94 Å². The molecule has 0 radical (unpaired) electrons. The molecule has 2 N–H and O–H groups in total. The molecule has 0 aliphatic heterocycles. The van der Waals surface area contributed by atoms with Crippen LogP contribution < -0.4 is 4.74 Å². The SMILES string of the molecule is COc1c(C(CC(=O)N(C)O)C(C)C(O)C(F)(F)F)ccc(F)c1F. The van der Waals surface area contributed by atoms with Crippen molar-refractivity contribution in [1.29, 1.82) is 0 Å². The number of carbonyl (C=O) groups excluding carboxylic acids is 1. The lowest BCUT2D eigenvalue weighted by Gasteiger charge is -2.30. The van der Waals surface area contributed by atoms with Crippen molar-refractivity contribution in [3.8, 4) is 5.75 Å². The highest BCUT2D eigenvalue weighted by Gasteiger charge is 2.45. The van der Waals surface area contributed by atoms with Gasteiger partial charge in [0.05, 0.1) is 7.11 Å². The zero-order valence-electron chi connectivity index (χ0n) is 13.6. The summed E-state index contributed by atoms with van der Waals surface area (Å²) < 4.78 is 70.5. The predicted octanol–water partition coefficient (Wildman–Crippen LogP) is 2.85. The summed E-state index contributed by atoms with van der Waals surface area (Å²) in [6, 6.07) is 1.66. The summed E-state index contributed by atoms with van der Waals surface area (Å²) in [7, 11) is 1.95. The Morgan fingerprint density at radius 2 is 1.88 bits per heavy atom. The number of hydrogen-bond donors (Lipinski definition) is 2. The van der Waals surface area contributed by atoms with Crippen molar-refractivity contribution >= 4 is 5.91 Å². The van der Waals surface area contributed by atoms with E-state index in [1.807, 2.05) is 0 Å². The zero-order valence-corrected chi connectivity index (χ0v) is 13.6. The van der Waals surface area contributed by atoms with E-state index in [9.17, 15) is 31.9 Å². The lowest BCUT2D eigenvalue weighted by Crippen LogP contribution is -2.39. The van der Waals surface area contributed by atoms with Gasteiger partial charge in [0, 0.05) is 24.9 Å². The first-order chi connectivity index (χ1) is 11.4. The second-order valence-corrected chi connectivity index (χ2v) is 5.56. The number of hydroxylamine groups is 2. The van der Waals surface area contributed by atoms with Crippen molar-refractivity contribution in [2.24, 2.45) is 5.92 Å². The van der Waals surface area contributed by atoms with Crippen molar-refractivity contribution in [1.82, 2.24) is 5.06 Å². The Balaban J connectivity index is 3.42. The normalized spacial score (nSPS) is 15.4. The van der Waals surface area contributed by atoms with E-state index in [0.717, 1.165) is 27.1 Å².